The third kappa shape index (κ3) is 5.73. The number of carbonyl (C=O) groups excluding carboxylic acids is 2. The van der Waals surface area contributed by atoms with Crippen molar-refractivity contribution in [2.75, 3.05) is 19.0 Å². The third-order valence-corrected chi connectivity index (χ3v) is 1.20. The van der Waals surface area contributed by atoms with Crippen LogP contribution >= 0.6 is 11.6 Å². The molecule has 0 aromatic rings. The Hall–Kier alpha value is -1.03. The van der Waals surface area contributed by atoms with Gasteiger partial charge in [0.15, 0.2) is 0 Å². The number of hydrogen-bond donors (Lipinski definition) is 1. The van der Waals surface area contributed by atoms with Gasteiger partial charge in [-0.15, -0.1) is 11.6 Å². The summed E-state index contributed by atoms with van der Waals surface area (Å²) in [5, 5.41) is 2.43. The molecule has 0 radical (unpaired) electrons. The van der Waals surface area contributed by atoms with Gasteiger partial charge in [0.2, 0.25) is 5.91 Å². The van der Waals surface area contributed by atoms with E-state index < -0.39 is 5.97 Å². The van der Waals surface area contributed by atoms with E-state index >= 15 is 0 Å². The molecule has 0 bridgehead atoms. The number of amides is 1. The van der Waals surface area contributed by atoms with Gasteiger partial charge in [0, 0.05) is 6.08 Å². The van der Waals surface area contributed by atoms with E-state index in [2.05, 4.69) is 16.6 Å². The van der Waals surface area contributed by atoms with E-state index in [0.717, 1.165) is 6.08 Å². The molecule has 12 heavy (non-hydrogen) atoms. The molecule has 4 nitrogen and oxygen atoms in total. The fraction of sp³-hybridized carbons (Fsp3) is 0.429. The van der Waals surface area contributed by atoms with Crippen LogP contribution in [0.3, 0.4) is 0 Å². The molecule has 1 amide bonds. The summed E-state index contributed by atoms with van der Waals surface area (Å²) in [7, 11) is 0. The Morgan fingerprint density at radius 2 is 2.25 bits per heavy atom. The molecular weight excluding hydrogens is 182 g/mol. The summed E-state index contributed by atoms with van der Waals surface area (Å²) in [4.78, 5) is 21.0. The van der Waals surface area contributed by atoms with Crippen LogP contribution in [0.5, 0.6) is 0 Å². The number of hydrogen-bond acceptors (Lipinski definition) is 3. The van der Waals surface area contributed by atoms with Gasteiger partial charge in [0.05, 0.1) is 6.54 Å². The first-order chi connectivity index (χ1) is 5.70. The van der Waals surface area contributed by atoms with Gasteiger partial charge in [0.25, 0.3) is 0 Å². The van der Waals surface area contributed by atoms with Crippen LogP contribution in [0.2, 0.25) is 0 Å². The van der Waals surface area contributed by atoms with Crippen molar-refractivity contribution in [1.29, 1.82) is 0 Å². The Bertz CT molecular complexity index is 181. The highest BCUT2D eigenvalue weighted by Gasteiger charge is 1.97. The second-order valence-electron chi connectivity index (χ2n) is 1.86. The highest BCUT2D eigenvalue weighted by Crippen LogP contribution is 1.78. The van der Waals surface area contributed by atoms with E-state index in [9.17, 15) is 9.59 Å². The predicted molar refractivity (Wildman–Crippen MR) is 44.9 cm³/mol. The predicted octanol–water partition coefficient (Wildman–Crippen LogP) is 0.0706. The minimum atomic E-state index is -0.505. The molecule has 1 N–H and O–H groups in total. The Labute approximate surface area is 75.5 Å². The summed E-state index contributed by atoms with van der Waals surface area (Å²) >= 11 is 5.18. The summed E-state index contributed by atoms with van der Waals surface area (Å²) in [5.41, 5.74) is 0. The van der Waals surface area contributed by atoms with E-state index in [0.29, 0.717) is 0 Å². The Morgan fingerprint density at radius 3 is 2.75 bits per heavy atom. The van der Waals surface area contributed by atoms with Gasteiger partial charge in [-0.2, -0.15) is 0 Å². The molecule has 0 saturated carbocycles. The number of rotatable bonds is 5. The zero-order chi connectivity index (χ0) is 9.40. The van der Waals surface area contributed by atoms with Gasteiger partial charge in [0.1, 0.15) is 12.5 Å². The molecule has 0 aliphatic heterocycles. The van der Waals surface area contributed by atoms with Crippen molar-refractivity contribution < 1.29 is 14.3 Å². The van der Waals surface area contributed by atoms with E-state index in [-0.39, 0.29) is 24.9 Å². The van der Waals surface area contributed by atoms with Gasteiger partial charge in [-0.25, -0.2) is 4.79 Å². The second-order valence-corrected chi connectivity index (χ2v) is 2.12. The first kappa shape index (κ1) is 11.0. The van der Waals surface area contributed by atoms with Crippen LogP contribution in [0.15, 0.2) is 12.7 Å². The summed E-state index contributed by atoms with van der Waals surface area (Å²) in [5.74, 6) is -0.878. The molecule has 0 atom stereocenters. The quantitative estimate of drug-likeness (QED) is 0.290. The summed E-state index contributed by atoms with van der Waals surface area (Å²) in [6, 6.07) is 0. The number of nitrogens with one attached hydrogen (secondary N) is 1. The lowest BCUT2D eigenvalue weighted by Gasteiger charge is -2.02. The van der Waals surface area contributed by atoms with Crippen molar-refractivity contribution in [3.8, 4) is 0 Å². The summed E-state index contributed by atoms with van der Waals surface area (Å²) < 4.78 is 4.57. The minimum Gasteiger partial charge on any atom is -0.461 e. The lowest BCUT2D eigenvalue weighted by molar-refractivity contribution is -0.138. The van der Waals surface area contributed by atoms with Crippen LogP contribution in [0.1, 0.15) is 0 Å². The van der Waals surface area contributed by atoms with Gasteiger partial charge in [-0.05, 0) is 0 Å². The number of carbonyl (C=O) groups is 2. The molecule has 0 aliphatic carbocycles. The standard InChI is InChI=1S/C7H10ClNO3/c1-2-7(11)12-4-3-9-6(10)5-8/h2H,1,3-5H2,(H,9,10). The molecule has 68 valence electrons. The van der Waals surface area contributed by atoms with Crippen LogP contribution in [-0.4, -0.2) is 30.9 Å². The molecule has 0 aromatic heterocycles. The normalized spacial score (nSPS) is 8.75. The molecule has 5 heteroatoms. The van der Waals surface area contributed by atoms with Crippen LogP contribution < -0.4 is 5.32 Å². The molecule has 0 fully saturated rings. The Balaban J connectivity index is 3.27. The average molecular weight is 192 g/mol. The molecule has 0 unspecified atom stereocenters. The first-order valence-corrected chi connectivity index (χ1v) is 3.86. The first-order valence-electron chi connectivity index (χ1n) is 3.32. The number of ether oxygens (including phenoxy) is 1. The van der Waals surface area contributed by atoms with Gasteiger partial charge < -0.3 is 10.1 Å². The average Bonchev–Trinajstić information content (AvgIpc) is 2.11. The fourth-order valence-electron chi connectivity index (χ4n) is 0.448. The number of halogens is 1. The Morgan fingerprint density at radius 1 is 1.58 bits per heavy atom. The van der Waals surface area contributed by atoms with Crippen molar-refractivity contribution in [1.82, 2.24) is 5.32 Å². The van der Waals surface area contributed by atoms with Crippen molar-refractivity contribution in [3.63, 3.8) is 0 Å². The van der Waals surface area contributed by atoms with Crippen LogP contribution in [0.25, 0.3) is 0 Å². The van der Waals surface area contributed by atoms with Crippen molar-refractivity contribution in [2.45, 2.75) is 0 Å². The largest absolute Gasteiger partial charge is 0.461 e. The van der Waals surface area contributed by atoms with E-state index in [1.807, 2.05) is 0 Å². The number of esters is 1. The molecule has 0 saturated heterocycles. The van der Waals surface area contributed by atoms with Crippen LogP contribution in [0.4, 0.5) is 0 Å². The maximum absolute atomic E-state index is 10.5. The molecule has 0 aromatic carbocycles. The maximum atomic E-state index is 10.5. The molecule has 0 rings (SSSR count). The third-order valence-electron chi connectivity index (χ3n) is 0.957. The molecular formula is C7H10ClNO3. The number of alkyl halides is 1. The summed E-state index contributed by atoms with van der Waals surface area (Å²) in [6.07, 6.45) is 1.06. The summed E-state index contributed by atoms with van der Waals surface area (Å²) in [6.45, 7) is 3.61. The van der Waals surface area contributed by atoms with Crippen molar-refractivity contribution in [3.05, 3.63) is 12.7 Å². The minimum absolute atomic E-state index is 0.0879. The Kier molecular flexibility index (Phi) is 6.09. The molecule has 0 aliphatic rings. The topological polar surface area (TPSA) is 55.4 Å². The van der Waals surface area contributed by atoms with E-state index in [1.54, 1.807) is 0 Å². The highest BCUT2D eigenvalue weighted by molar-refractivity contribution is 6.27. The van der Waals surface area contributed by atoms with Gasteiger partial charge in [-0.3, -0.25) is 4.79 Å². The SMILES string of the molecule is C=CC(=O)OCCNC(=O)CCl. The highest BCUT2D eigenvalue weighted by atomic mass is 35.5. The van der Waals surface area contributed by atoms with Gasteiger partial charge in [-0.1, -0.05) is 6.58 Å². The molecule has 0 spiro atoms. The lowest BCUT2D eigenvalue weighted by atomic mass is 10.6. The van der Waals surface area contributed by atoms with Crippen LogP contribution in [-0.2, 0) is 14.3 Å². The lowest BCUT2D eigenvalue weighted by Crippen LogP contribution is -2.28. The van der Waals surface area contributed by atoms with Crippen LogP contribution in [0, 0.1) is 0 Å². The fourth-order valence-corrected chi connectivity index (χ4v) is 0.543. The second kappa shape index (κ2) is 6.67. The maximum Gasteiger partial charge on any atom is 0.330 e. The van der Waals surface area contributed by atoms with Crippen molar-refractivity contribution >= 4 is 23.5 Å². The monoisotopic (exact) mass is 191 g/mol. The van der Waals surface area contributed by atoms with E-state index in [4.69, 9.17) is 11.6 Å². The zero-order valence-electron chi connectivity index (χ0n) is 6.51. The zero-order valence-corrected chi connectivity index (χ0v) is 7.26. The molecule has 0 heterocycles. The van der Waals surface area contributed by atoms with E-state index in [1.165, 1.54) is 0 Å². The smallest absolute Gasteiger partial charge is 0.330 e. The van der Waals surface area contributed by atoms with Crippen molar-refractivity contribution in [2.24, 2.45) is 0 Å². The van der Waals surface area contributed by atoms with Gasteiger partial charge >= 0.3 is 5.97 Å².